The van der Waals surface area contributed by atoms with Gasteiger partial charge in [-0.1, -0.05) is 5.21 Å². The second-order valence-electron chi connectivity index (χ2n) is 5.36. The van der Waals surface area contributed by atoms with E-state index in [1.807, 2.05) is 0 Å². The van der Waals surface area contributed by atoms with Crippen molar-refractivity contribution in [3.05, 3.63) is 53.2 Å². The number of nitrogens with one attached hydrogen (secondary N) is 2. The Morgan fingerprint density at radius 3 is 2.80 bits per heavy atom. The summed E-state index contributed by atoms with van der Waals surface area (Å²) in [6, 6.07) is 5.26. The number of carbonyl (C=O) groups excluding carboxylic acids is 1. The van der Waals surface area contributed by atoms with Crippen LogP contribution in [0.2, 0.25) is 0 Å². The molecule has 1 aromatic carbocycles. The van der Waals surface area contributed by atoms with E-state index in [0.29, 0.717) is 27.8 Å². The fraction of sp³-hybridized carbons (Fsp3) is 0.250. The zero-order valence-electron chi connectivity index (χ0n) is 13.6. The maximum Gasteiger partial charge on any atom is 0.338 e. The minimum Gasteiger partial charge on any atom is -0.463 e. The molecular weight excluding hydrogens is 345 g/mol. The zero-order chi connectivity index (χ0) is 18.0. The molecule has 1 atom stereocenters. The Labute approximate surface area is 148 Å². The van der Waals surface area contributed by atoms with Crippen LogP contribution in [0.15, 0.2) is 41.7 Å². The van der Waals surface area contributed by atoms with E-state index >= 15 is 0 Å². The number of ether oxygens (including phenoxy) is 1. The summed E-state index contributed by atoms with van der Waals surface area (Å²) in [7, 11) is 0. The molecule has 130 valence electrons. The van der Waals surface area contributed by atoms with E-state index < -0.39 is 12.0 Å². The average Bonchev–Trinajstić information content (AvgIpc) is 3.04. The van der Waals surface area contributed by atoms with Crippen molar-refractivity contribution in [2.45, 2.75) is 19.9 Å². The molecule has 0 amide bonds. The molecule has 1 aromatic heterocycles. The molecule has 9 heteroatoms. The van der Waals surface area contributed by atoms with Crippen LogP contribution < -0.4 is 10.6 Å². The number of benzene rings is 1. The minimum atomic E-state index is -0.581. The number of rotatable bonds is 4. The molecular formula is C16H16FN5O2S. The summed E-state index contributed by atoms with van der Waals surface area (Å²) in [4.78, 5) is 12.3. The number of thiocarbonyl (C=S) groups is 1. The number of hydrogen-bond acceptors (Lipinski definition) is 5. The fourth-order valence-electron chi connectivity index (χ4n) is 2.52. The maximum atomic E-state index is 13.1. The average molecular weight is 361 g/mol. The monoisotopic (exact) mass is 361 g/mol. The highest BCUT2D eigenvalue weighted by atomic mass is 32.1. The topological polar surface area (TPSA) is 81.1 Å². The van der Waals surface area contributed by atoms with Gasteiger partial charge in [0.15, 0.2) is 5.11 Å². The van der Waals surface area contributed by atoms with Gasteiger partial charge in [0.25, 0.3) is 0 Å². The van der Waals surface area contributed by atoms with Crippen molar-refractivity contribution >= 4 is 23.3 Å². The van der Waals surface area contributed by atoms with Gasteiger partial charge in [-0.2, -0.15) is 0 Å². The molecule has 2 aromatic rings. The summed E-state index contributed by atoms with van der Waals surface area (Å²) in [5, 5.41) is 14.5. The van der Waals surface area contributed by atoms with Crippen LogP contribution in [0.3, 0.4) is 0 Å². The Balaban J connectivity index is 1.96. The van der Waals surface area contributed by atoms with E-state index in [0.717, 1.165) is 0 Å². The predicted octanol–water partition coefficient (Wildman–Crippen LogP) is 1.76. The third kappa shape index (κ3) is 3.50. The van der Waals surface area contributed by atoms with Crippen molar-refractivity contribution in [3.63, 3.8) is 0 Å². The highest BCUT2D eigenvalue weighted by Crippen LogP contribution is 2.26. The van der Waals surface area contributed by atoms with Crippen LogP contribution in [-0.4, -0.2) is 32.7 Å². The lowest BCUT2D eigenvalue weighted by atomic mass is 10.0. The van der Waals surface area contributed by atoms with Crippen LogP contribution in [0.5, 0.6) is 0 Å². The van der Waals surface area contributed by atoms with Crippen LogP contribution in [-0.2, 0) is 9.53 Å². The highest BCUT2D eigenvalue weighted by molar-refractivity contribution is 7.80. The molecule has 0 fully saturated rings. The molecule has 0 radical (unpaired) electrons. The van der Waals surface area contributed by atoms with Gasteiger partial charge in [-0.25, -0.2) is 13.9 Å². The van der Waals surface area contributed by atoms with Crippen molar-refractivity contribution in [1.82, 2.24) is 25.6 Å². The van der Waals surface area contributed by atoms with Crippen LogP contribution in [0.4, 0.5) is 4.39 Å². The quantitative estimate of drug-likeness (QED) is 0.634. The highest BCUT2D eigenvalue weighted by Gasteiger charge is 2.32. The number of carbonyl (C=O) groups is 1. The van der Waals surface area contributed by atoms with Crippen molar-refractivity contribution in [2.24, 2.45) is 0 Å². The first-order chi connectivity index (χ1) is 12.0. The SMILES string of the molecule is CCOC(=O)C1=C(C)NC(=S)NC1c1cn(-c2ccc(F)cc2)nn1. The zero-order valence-corrected chi connectivity index (χ0v) is 14.4. The summed E-state index contributed by atoms with van der Waals surface area (Å²) < 4.78 is 19.7. The van der Waals surface area contributed by atoms with Crippen LogP contribution in [0, 0.1) is 5.82 Å². The lowest BCUT2D eigenvalue weighted by Crippen LogP contribution is -2.45. The maximum absolute atomic E-state index is 13.1. The standard InChI is InChI=1S/C16H16FN5O2S/c1-3-24-15(23)13-9(2)18-16(25)19-14(13)12-8-22(21-20-12)11-6-4-10(17)5-7-11/h4-8,14H,3H2,1-2H3,(H2,18,19,25). The molecule has 0 spiro atoms. The fourth-order valence-corrected chi connectivity index (χ4v) is 2.80. The Hall–Kier alpha value is -2.81. The predicted molar refractivity (Wildman–Crippen MR) is 92.3 cm³/mol. The van der Waals surface area contributed by atoms with E-state index in [2.05, 4.69) is 20.9 Å². The van der Waals surface area contributed by atoms with E-state index in [9.17, 15) is 9.18 Å². The molecule has 0 bridgehead atoms. The lowest BCUT2D eigenvalue weighted by Gasteiger charge is -2.28. The number of nitrogens with zero attached hydrogens (tertiary/aromatic N) is 3. The normalized spacial score (nSPS) is 17.1. The molecule has 2 N–H and O–H groups in total. The minimum absolute atomic E-state index is 0.259. The molecule has 1 aliphatic heterocycles. The molecule has 1 unspecified atom stereocenters. The third-order valence-corrected chi connectivity index (χ3v) is 3.88. The molecule has 1 aliphatic rings. The summed E-state index contributed by atoms with van der Waals surface area (Å²) in [5.74, 6) is -0.790. The van der Waals surface area contributed by atoms with Crippen LogP contribution >= 0.6 is 12.2 Å². The summed E-state index contributed by atoms with van der Waals surface area (Å²) in [6.07, 6.45) is 1.66. The lowest BCUT2D eigenvalue weighted by molar-refractivity contribution is -0.139. The molecule has 2 heterocycles. The van der Waals surface area contributed by atoms with E-state index in [1.165, 1.54) is 16.8 Å². The number of halogens is 1. The molecule has 25 heavy (non-hydrogen) atoms. The van der Waals surface area contributed by atoms with E-state index in [1.54, 1.807) is 32.2 Å². The summed E-state index contributed by atoms with van der Waals surface area (Å²) in [5.41, 5.74) is 2.13. The van der Waals surface area contributed by atoms with Gasteiger partial charge in [0.2, 0.25) is 0 Å². The third-order valence-electron chi connectivity index (χ3n) is 3.66. The van der Waals surface area contributed by atoms with Gasteiger partial charge in [-0.05, 0) is 50.3 Å². The van der Waals surface area contributed by atoms with Gasteiger partial charge in [0.05, 0.1) is 24.1 Å². The van der Waals surface area contributed by atoms with Crippen LogP contribution in [0.25, 0.3) is 5.69 Å². The van der Waals surface area contributed by atoms with E-state index in [-0.39, 0.29) is 12.4 Å². The number of hydrogen-bond donors (Lipinski definition) is 2. The van der Waals surface area contributed by atoms with Gasteiger partial charge in [-0.3, -0.25) is 0 Å². The molecule has 0 saturated carbocycles. The summed E-state index contributed by atoms with van der Waals surface area (Å²) >= 11 is 5.17. The first-order valence-electron chi connectivity index (χ1n) is 7.63. The van der Waals surface area contributed by atoms with Gasteiger partial charge < -0.3 is 15.4 Å². The van der Waals surface area contributed by atoms with Crippen LogP contribution in [0.1, 0.15) is 25.6 Å². The van der Waals surface area contributed by atoms with Crippen molar-refractivity contribution in [1.29, 1.82) is 0 Å². The summed E-state index contributed by atoms with van der Waals surface area (Å²) in [6.45, 7) is 3.74. The van der Waals surface area contributed by atoms with Gasteiger partial charge in [-0.15, -0.1) is 5.10 Å². The number of allylic oxidation sites excluding steroid dienone is 1. The van der Waals surface area contributed by atoms with E-state index in [4.69, 9.17) is 17.0 Å². The largest absolute Gasteiger partial charge is 0.463 e. The Morgan fingerprint density at radius 2 is 2.12 bits per heavy atom. The molecule has 0 saturated heterocycles. The molecule has 7 nitrogen and oxygen atoms in total. The first kappa shape index (κ1) is 17.0. The van der Waals surface area contributed by atoms with Crippen molar-refractivity contribution < 1.29 is 13.9 Å². The van der Waals surface area contributed by atoms with Gasteiger partial charge in [0, 0.05) is 5.70 Å². The van der Waals surface area contributed by atoms with Gasteiger partial charge in [0.1, 0.15) is 17.6 Å². The van der Waals surface area contributed by atoms with Gasteiger partial charge >= 0.3 is 5.97 Å². The first-order valence-corrected chi connectivity index (χ1v) is 8.04. The Morgan fingerprint density at radius 1 is 1.40 bits per heavy atom. The smallest absolute Gasteiger partial charge is 0.338 e. The second-order valence-corrected chi connectivity index (χ2v) is 5.76. The second kappa shape index (κ2) is 6.98. The van der Waals surface area contributed by atoms with Crippen molar-refractivity contribution in [3.8, 4) is 5.69 Å². The Bertz CT molecular complexity index is 846. The molecule has 3 rings (SSSR count). The number of esters is 1. The molecule has 0 aliphatic carbocycles. The number of aromatic nitrogens is 3. The Kier molecular flexibility index (Phi) is 4.75. The van der Waals surface area contributed by atoms with Crippen molar-refractivity contribution in [2.75, 3.05) is 6.61 Å².